The van der Waals surface area contributed by atoms with Gasteiger partial charge in [0.05, 0.1) is 26.3 Å². The molecule has 0 spiro atoms. The van der Waals surface area contributed by atoms with Crippen molar-refractivity contribution in [3.05, 3.63) is 53.8 Å². The average molecular weight is 355 g/mol. The van der Waals surface area contributed by atoms with Crippen LogP contribution in [0.3, 0.4) is 0 Å². The van der Waals surface area contributed by atoms with Crippen LogP contribution >= 0.6 is 11.3 Å². The number of benzene rings is 1. The van der Waals surface area contributed by atoms with Gasteiger partial charge in [0.15, 0.2) is 11.5 Å². The molecule has 2 aromatic heterocycles. The van der Waals surface area contributed by atoms with Gasteiger partial charge >= 0.3 is 0 Å². The molecule has 3 rings (SSSR count). The Hall–Kier alpha value is -2.93. The van der Waals surface area contributed by atoms with Gasteiger partial charge in [-0.25, -0.2) is 4.98 Å². The average Bonchev–Trinajstić information content (AvgIpc) is 3.10. The van der Waals surface area contributed by atoms with E-state index in [4.69, 9.17) is 9.47 Å². The summed E-state index contributed by atoms with van der Waals surface area (Å²) in [4.78, 5) is 20.8. The maximum atomic E-state index is 12.3. The zero-order chi connectivity index (χ0) is 17.6. The van der Waals surface area contributed by atoms with Crippen molar-refractivity contribution < 1.29 is 14.3 Å². The van der Waals surface area contributed by atoms with Crippen molar-refractivity contribution in [2.45, 2.75) is 6.42 Å². The standard InChI is InChI=1S/C18H17N3O3S/c1-23-15-6-5-13(8-16(15)24-2)20-17(22)9-14-11-25-18(21-14)12-4-3-7-19-10-12/h3-8,10-11H,9H2,1-2H3,(H,20,22). The summed E-state index contributed by atoms with van der Waals surface area (Å²) >= 11 is 1.49. The van der Waals surface area contributed by atoms with E-state index >= 15 is 0 Å². The Morgan fingerprint density at radius 1 is 1.20 bits per heavy atom. The van der Waals surface area contributed by atoms with Crippen molar-refractivity contribution in [3.63, 3.8) is 0 Å². The Morgan fingerprint density at radius 3 is 2.76 bits per heavy atom. The van der Waals surface area contributed by atoms with Crippen LogP contribution in [0.5, 0.6) is 11.5 Å². The van der Waals surface area contributed by atoms with Gasteiger partial charge in [0, 0.05) is 35.1 Å². The fraction of sp³-hybridized carbons (Fsp3) is 0.167. The summed E-state index contributed by atoms with van der Waals surface area (Å²) in [6.07, 6.45) is 3.67. The number of hydrogen-bond acceptors (Lipinski definition) is 6. The first kappa shape index (κ1) is 16.9. The number of carbonyl (C=O) groups is 1. The van der Waals surface area contributed by atoms with E-state index < -0.39 is 0 Å². The molecule has 1 N–H and O–H groups in total. The quantitative estimate of drug-likeness (QED) is 0.733. The molecular formula is C18H17N3O3S. The molecule has 0 radical (unpaired) electrons. The molecule has 0 saturated carbocycles. The maximum Gasteiger partial charge on any atom is 0.230 e. The lowest BCUT2D eigenvalue weighted by molar-refractivity contribution is -0.115. The van der Waals surface area contributed by atoms with E-state index in [1.807, 2.05) is 17.5 Å². The van der Waals surface area contributed by atoms with E-state index in [0.29, 0.717) is 17.2 Å². The van der Waals surface area contributed by atoms with E-state index in [1.165, 1.54) is 11.3 Å². The summed E-state index contributed by atoms with van der Waals surface area (Å²) < 4.78 is 10.4. The highest BCUT2D eigenvalue weighted by molar-refractivity contribution is 7.13. The molecular weight excluding hydrogens is 338 g/mol. The SMILES string of the molecule is COc1ccc(NC(=O)Cc2csc(-c3cccnc3)n2)cc1OC. The molecule has 25 heavy (non-hydrogen) atoms. The number of methoxy groups -OCH3 is 2. The lowest BCUT2D eigenvalue weighted by Gasteiger charge is -2.10. The highest BCUT2D eigenvalue weighted by atomic mass is 32.1. The number of thiazole rings is 1. The minimum atomic E-state index is -0.143. The summed E-state index contributed by atoms with van der Waals surface area (Å²) in [7, 11) is 3.12. The van der Waals surface area contributed by atoms with Crippen LogP contribution in [0.1, 0.15) is 5.69 Å². The molecule has 6 nitrogen and oxygen atoms in total. The van der Waals surface area contributed by atoms with Crippen LogP contribution in [-0.4, -0.2) is 30.1 Å². The Balaban J connectivity index is 1.66. The summed E-state index contributed by atoms with van der Waals surface area (Å²) in [5.41, 5.74) is 2.31. The van der Waals surface area contributed by atoms with Gasteiger partial charge < -0.3 is 14.8 Å². The monoisotopic (exact) mass is 355 g/mol. The van der Waals surface area contributed by atoms with E-state index in [2.05, 4.69) is 15.3 Å². The first-order valence-electron chi connectivity index (χ1n) is 7.56. The normalized spacial score (nSPS) is 10.3. The highest BCUT2D eigenvalue weighted by Gasteiger charge is 2.11. The van der Waals surface area contributed by atoms with E-state index in [0.717, 1.165) is 16.3 Å². The second-order valence-electron chi connectivity index (χ2n) is 5.18. The van der Waals surface area contributed by atoms with Gasteiger partial charge in [-0.15, -0.1) is 11.3 Å². The zero-order valence-electron chi connectivity index (χ0n) is 13.9. The lowest BCUT2D eigenvalue weighted by atomic mass is 10.2. The van der Waals surface area contributed by atoms with Crippen LogP contribution in [0.2, 0.25) is 0 Å². The minimum Gasteiger partial charge on any atom is -0.493 e. The minimum absolute atomic E-state index is 0.143. The number of nitrogens with one attached hydrogen (secondary N) is 1. The van der Waals surface area contributed by atoms with Gasteiger partial charge in [0.2, 0.25) is 5.91 Å². The Bertz CT molecular complexity index is 865. The van der Waals surface area contributed by atoms with Crippen molar-refractivity contribution in [3.8, 4) is 22.1 Å². The third-order valence-corrected chi connectivity index (χ3v) is 4.41. The summed E-state index contributed by atoms with van der Waals surface area (Å²) in [6, 6.07) is 9.04. The number of hydrogen-bond donors (Lipinski definition) is 1. The molecule has 0 fully saturated rings. The molecule has 0 atom stereocenters. The topological polar surface area (TPSA) is 73.3 Å². The molecule has 2 heterocycles. The van der Waals surface area contributed by atoms with Crippen molar-refractivity contribution in [2.24, 2.45) is 0 Å². The number of nitrogens with zero attached hydrogens (tertiary/aromatic N) is 2. The van der Waals surface area contributed by atoms with Gasteiger partial charge in [-0.3, -0.25) is 9.78 Å². The molecule has 1 aromatic carbocycles. The van der Waals surface area contributed by atoms with Crippen molar-refractivity contribution in [1.82, 2.24) is 9.97 Å². The molecule has 3 aromatic rings. The van der Waals surface area contributed by atoms with Crippen LogP contribution in [0.25, 0.3) is 10.6 Å². The van der Waals surface area contributed by atoms with Crippen LogP contribution in [0.4, 0.5) is 5.69 Å². The molecule has 1 amide bonds. The van der Waals surface area contributed by atoms with E-state index in [9.17, 15) is 4.79 Å². The molecule has 0 bridgehead atoms. The Morgan fingerprint density at radius 2 is 2.04 bits per heavy atom. The molecule has 0 aliphatic rings. The maximum absolute atomic E-state index is 12.3. The molecule has 0 aliphatic heterocycles. The van der Waals surface area contributed by atoms with Crippen molar-refractivity contribution in [1.29, 1.82) is 0 Å². The molecule has 128 valence electrons. The summed E-state index contributed by atoms with van der Waals surface area (Å²) in [5, 5.41) is 5.58. The highest BCUT2D eigenvalue weighted by Crippen LogP contribution is 2.30. The fourth-order valence-corrected chi connectivity index (χ4v) is 3.10. The molecule has 7 heteroatoms. The lowest BCUT2D eigenvalue weighted by Crippen LogP contribution is -2.14. The predicted molar refractivity (Wildman–Crippen MR) is 97.2 cm³/mol. The number of carbonyl (C=O) groups excluding carboxylic acids is 1. The van der Waals surface area contributed by atoms with Crippen molar-refractivity contribution >= 4 is 22.9 Å². The van der Waals surface area contributed by atoms with E-state index in [-0.39, 0.29) is 12.3 Å². The number of ether oxygens (including phenoxy) is 2. The van der Waals surface area contributed by atoms with Crippen LogP contribution in [0, 0.1) is 0 Å². The van der Waals surface area contributed by atoms with Gasteiger partial charge in [0.1, 0.15) is 5.01 Å². The van der Waals surface area contributed by atoms with Crippen LogP contribution < -0.4 is 14.8 Å². The Labute approximate surface area is 149 Å². The van der Waals surface area contributed by atoms with Gasteiger partial charge in [-0.1, -0.05) is 0 Å². The second-order valence-corrected chi connectivity index (χ2v) is 6.04. The third-order valence-electron chi connectivity index (χ3n) is 3.47. The number of aromatic nitrogens is 2. The Kier molecular flexibility index (Phi) is 5.25. The number of anilines is 1. The smallest absolute Gasteiger partial charge is 0.230 e. The summed E-state index contributed by atoms with van der Waals surface area (Å²) in [6.45, 7) is 0. The number of rotatable bonds is 6. The molecule has 0 unspecified atom stereocenters. The third kappa shape index (κ3) is 4.13. The zero-order valence-corrected chi connectivity index (χ0v) is 14.7. The summed E-state index contributed by atoms with van der Waals surface area (Å²) in [5.74, 6) is 1.03. The fourth-order valence-electron chi connectivity index (χ4n) is 2.29. The van der Waals surface area contributed by atoms with Gasteiger partial charge in [-0.2, -0.15) is 0 Å². The second kappa shape index (κ2) is 7.76. The van der Waals surface area contributed by atoms with Crippen LogP contribution in [0.15, 0.2) is 48.1 Å². The van der Waals surface area contributed by atoms with Crippen LogP contribution in [-0.2, 0) is 11.2 Å². The number of pyridine rings is 1. The largest absolute Gasteiger partial charge is 0.493 e. The molecule has 0 saturated heterocycles. The number of amides is 1. The predicted octanol–water partition coefficient (Wildman–Crippen LogP) is 3.40. The van der Waals surface area contributed by atoms with Crippen molar-refractivity contribution in [2.75, 3.05) is 19.5 Å². The first-order valence-corrected chi connectivity index (χ1v) is 8.44. The van der Waals surface area contributed by atoms with Gasteiger partial charge in [0.25, 0.3) is 0 Å². The van der Waals surface area contributed by atoms with E-state index in [1.54, 1.807) is 44.8 Å². The van der Waals surface area contributed by atoms with Gasteiger partial charge in [-0.05, 0) is 24.3 Å². The molecule has 0 aliphatic carbocycles. The first-order chi connectivity index (χ1) is 12.2.